The van der Waals surface area contributed by atoms with Gasteiger partial charge in [0.1, 0.15) is 5.15 Å². The summed E-state index contributed by atoms with van der Waals surface area (Å²) in [5.41, 5.74) is 1.07. The van der Waals surface area contributed by atoms with Crippen LogP contribution in [-0.4, -0.2) is 23.0 Å². The fourth-order valence-corrected chi connectivity index (χ4v) is 2.28. The summed E-state index contributed by atoms with van der Waals surface area (Å²) in [6.45, 7) is 5.48. The average Bonchev–Trinajstić information content (AvgIpc) is 2.13. The van der Waals surface area contributed by atoms with Crippen LogP contribution in [0.4, 0.5) is 0 Å². The minimum absolute atomic E-state index is 0.457. The third kappa shape index (κ3) is 2.63. The second-order valence-corrected chi connectivity index (χ2v) is 4.86. The number of aromatic nitrogens is 1. The molecule has 0 saturated carbocycles. The Hall–Kier alpha value is -0.310. The third-order valence-corrected chi connectivity index (χ3v) is 3.46. The van der Waals surface area contributed by atoms with Crippen molar-refractivity contribution in [2.45, 2.75) is 19.9 Å². The van der Waals surface area contributed by atoms with Gasteiger partial charge in [-0.05, 0) is 12.0 Å². The van der Waals surface area contributed by atoms with Crippen molar-refractivity contribution in [3.63, 3.8) is 0 Å². The van der Waals surface area contributed by atoms with Crippen molar-refractivity contribution in [3.05, 3.63) is 28.0 Å². The molecule has 0 unspecified atom stereocenters. The zero-order valence-corrected chi connectivity index (χ0v) is 10.2. The molecule has 1 aromatic heterocycles. The average molecular weight is 245 g/mol. The maximum atomic E-state index is 6.07. The van der Waals surface area contributed by atoms with Gasteiger partial charge in [-0.15, -0.1) is 0 Å². The highest BCUT2D eigenvalue weighted by molar-refractivity contribution is 6.34. The molecule has 0 amide bonds. The van der Waals surface area contributed by atoms with Gasteiger partial charge in [-0.1, -0.05) is 36.5 Å². The summed E-state index contributed by atoms with van der Waals surface area (Å²) in [7, 11) is 0. The topological polar surface area (TPSA) is 16.1 Å². The molecule has 0 atom stereocenters. The predicted molar refractivity (Wildman–Crippen MR) is 63.3 cm³/mol. The Morgan fingerprint density at radius 2 is 2.20 bits per heavy atom. The van der Waals surface area contributed by atoms with Gasteiger partial charge in [0.2, 0.25) is 0 Å². The van der Waals surface area contributed by atoms with Gasteiger partial charge in [0, 0.05) is 36.4 Å². The maximum Gasteiger partial charge on any atom is 0.130 e. The molecule has 4 heteroatoms. The highest BCUT2D eigenvalue weighted by atomic mass is 35.5. The van der Waals surface area contributed by atoms with Crippen molar-refractivity contribution in [2.24, 2.45) is 5.92 Å². The highest BCUT2D eigenvalue weighted by Crippen LogP contribution is 2.25. The number of nitrogens with zero attached hydrogens (tertiary/aromatic N) is 2. The summed E-state index contributed by atoms with van der Waals surface area (Å²) < 4.78 is 0. The third-order valence-electron chi connectivity index (χ3n) is 2.90. The van der Waals surface area contributed by atoms with Gasteiger partial charge in [0.05, 0.1) is 0 Å². The lowest BCUT2D eigenvalue weighted by atomic mass is 9.97. The summed E-state index contributed by atoms with van der Waals surface area (Å²) in [4.78, 5) is 6.42. The van der Waals surface area contributed by atoms with E-state index >= 15 is 0 Å². The van der Waals surface area contributed by atoms with Crippen molar-refractivity contribution in [1.29, 1.82) is 0 Å². The summed E-state index contributed by atoms with van der Waals surface area (Å²) >= 11 is 11.8. The van der Waals surface area contributed by atoms with E-state index < -0.39 is 0 Å². The zero-order chi connectivity index (χ0) is 10.8. The first-order valence-electron chi connectivity index (χ1n) is 5.21. The number of halogens is 2. The summed E-state index contributed by atoms with van der Waals surface area (Å²) in [6, 6.07) is 1.70. The monoisotopic (exact) mass is 244 g/mol. The lowest BCUT2D eigenvalue weighted by Crippen LogP contribution is -2.45. The maximum absolute atomic E-state index is 6.07. The Labute approximate surface area is 100 Å². The number of pyridine rings is 1. The second kappa shape index (κ2) is 4.69. The SMILES string of the molecule is CCC1CN(Cc2cnc(Cl)cc2Cl)C1. The van der Waals surface area contributed by atoms with Crippen LogP contribution < -0.4 is 0 Å². The number of hydrogen-bond donors (Lipinski definition) is 0. The van der Waals surface area contributed by atoms with Gasteiger partial charge >= 0.3 is 0 Å². The van der Waals surface area contributed by atoms with Crippen LogP contribution in [-0.2, 0) is 6.54 Å². The van der Waals surface area contributed by atoms with Crippen molar-refractivity contribution < 1.29 is 0 Å². The van der Waals surface area contributed by atoms with E-state index in [0.29, 0.717) is 5.15 Å². The smallest absolute Gasteiger partial charge is 0.130 e. The molecule has 2 heterocycles. The fourth-order valence-electron chi connectivity index (χ4n) is 1.86. The summed E-state index contributed by atoms with van der Waals surface area (Å²) in [5, 5.41) is 1.17. The Morgan fingerprint density at radius 3 is 2.80 bits per heavy atom. The highest BCUT2D eigenvalue weighted by Gasteiger charge is 2.25. The normalized spacial score (nSPS) is 17.8. The molecule has 1 aliphatic rings. The molecular weight excluding hydrogens is 231 g/mol. The molecule has 0 bridgehead atoms. The Bertz CT molecular complexity index is 348. The molecule has 0 aliphatic carbocycles. The van der Waals surface area contributed by atoms with Gasteiger partial charge in [-0.25, -0.2) is 4.98 Å². The molecule has 1 saturated heterocycles. The Balaban J connectivity index is 1.94. The van der Waals surface area contributed by atoms with E-state index in [0.717, 1.165) is 23.0 Å². The molecule has 0 radical (unpaired) electrons. The van der Waals surface area contributed by atoms with Crippen LogP contribution >= 0.6 is 23.2 Å². The van der Waals surface area contributed by atoms with E-state index in [1.165, 1.54) is 19.5 Å². The van der Waals surface area contributed by atoms with E-state index in [1.807, 2.05) is 0 Å². The quantitative estimate of drug-likeness (QED) is 0.760. The van der Waals surface area contributed by atoms with Crippen molar-refractivity contribution in [1.82, 2.24) is 9.88 Å². The Kier molecular flexibility index (Phi) is 3.49. The number of rotatable bonds is 3. The molecule has 0 spiro atoms. The first-order chi connectivity index (χ1) is 7.19. The van der Waals surface area contributed by atoms with E-state index in [-0.39, 0.29) is 0 Å². The molecule has 82 valence electrons. The van der Waals surface area contributed by atoms with Gasteiger partial charge in [-0.2, -0.15) is 0 Å². The summed E-state index contributed by atoms with van der Waals surface area (Å²) in [6.07, 6.45) is 3.03. The molecule has 0 aromatic carbocycles. The zero-order valence-electron chi connectivity index (χ0n) is 8.71. The largest absolute Gasteiger partial charge is 0.298 e. The van der Waals surface area contributed by atoms with Crippen LogP contribution in [0.25, 0.3) is 0 Å². The van der Waals surface area contributed by atoms with Crippen molar-refractivity contribution in [2.75, 3.05) is 13.1 Å². The Morgan fingerprint density at radius 1 is 1.47 bits per heavy atom. The van der Waals surface area contributed by atoms with Gasteiger partial charge in [0.25, 0.3) is 0 Å². The standard InChI is InChI=1S/C11H14Cl2N2/c1-2-8-5-15(6-8)7-9-4-14-11(13)3-10(9)12/h3-4,8H,2,5-7H2,1H3. The number of likely N-dealkylation sites (tertiary alicyclic amines) is 1. The minimum atomic E-state index is 0.457. The molecule has 1 fully saturated rings. The molecule has 2 rings (SSSR count). The number of hydrogen-bond acceptors (Lipinski definition) is 2. The van der Waals surface area contributed by atoms with Crippen LogP contribution in [0.1, 0.15) is 18.9 Å². The van der Waals surface area contributed by atoms with Gasteiger partial charge < -0.3 is 0 Å². The fraction of sp³-hybridized carbons (Fsp3) is 0.545. The minimum Gasteiger partial charge on any atom is -0.298 e. The predicted octanol–water partition coefficient (Wildman–Crippen LogP) is 3.23. The van der Waals surface area contributed by atoms with E-state index in [9.17, 15) is 0 Å². The van der Waals surface area contributed by atoms with Crippen LogP contribution in [0.5, 0.6) is 0 Å². The first-order valence-corrected chi connectivity index (χ1v) is 5.97. The van der Waals surface area contributed by atoms with Crippen molar-refractivity contribution >= 4 is 23.2 Å². The van der Waals surface area contributed by atoms with Crippen molar-refractivity contribution in [3.8, 4) is 0 Å². The molecule has 2 nitrogen and oxygen atoms in total. The first kappa shape index (κ1) is 11.2. The molecule has 0 N–H and O–H groups in total. The van der Waals surface area contributed by atoms with E-state index in [2.05, 4.69) is 16.8 Å². The van der Waals surface area contributed by atoms with Crippen LogP contribution in [0.3, 0.4) is 0 Å². The molecule has 1 aromatic rings. The lowest BCUT2D eigenvalue weighted by Gasteiger charge is -2.38. The molecular formula is C11H14Cl2N2. The molecule has 15 heavy (non-hydrogen) atoms. The molecule has 1 aliphatic heterocycles. The van der Waals surface area contributed by atoms with Crippen LogP contribution in [0.15, 0.2) is 12.3 Å². The second-order valence-electron chi connectivity index (χ2n) is 4.07. The van der Waals surface area contributed by atoms with Gasteiger partial charge in [-0.3, -0.25) is 4.90 Å². The van der Waals surface area contributed by atoms with E-state index in [4.69, 9.17) is 23.2 Å². The summed E-state index contributed by atoms with van der Waals surface area (Å²) in [5.74, 6) is 0.865. The van der Waals surface area contributed by atoms with E-state index in [1.54, 1.807) is 12.3 Å². The van der Waals surface area contributed by atoms with Crippen LogP contribution in [0.2, 0.25) is 10.2 Å². The van der Waals surface area contributed by atoms with Crippen LogP contribution in [0, 0.1) is 5.92 Å². The lowest BCUT2D eigenvalue weighted by molar-refractivity contribution is 0.0898. The van der Waals surface area contributed by atoms with Gasteiger partial charge in [0.15, 0.2) is 0 Å².